The van der Waals surface area contributed by atoms with Gasteiger partial charge in [-0.3, -0.25) is 9.59 Å². The molecule has 0 aliphatic rings. The van der Waals surface area contributed by atoms with E-state index in [2.05, 4.69) is 20.6 Å². The fraction of sp³-hybridized carbons (Fsp3) is 0.118. The molecule has 0 spiro atoms. The topological polar surface area (TPSA) is 107 Å². The summed E-state index contributed by atoms with van der Waals surface area (Å²) in [6.45, 7) is 1.74. The van der Waals surface area contributed by atoms with E-state index in [4.69, 9.17) is 0 Å². The number of hydrogen-bond acceptors (Lipinski definition) is 3. The molecule has 0 aliphatic heterocycles. The van der Waals surface area contributed by atoms with Crippen LogP contribution in [0.3, 0.4) is 0 Å². The molecule has 0 atom stereocenters. The van der Waals surface area contributed by atoms with E-state index in [-0.39, 0.29) is 17.5 Å². The number of amides is 2. The molecule has 0 saturated carbocycles. The van der Waals surface area contributed by atoms with Crippen LogP contribution in [0.2, 0.25) is 0 Å². The van der Waals surface area contributed by atoms with Crippen LogP contribution in [0.5, 0.6) is 0 Å². The fourth-order valence-corrected chi connectivity index (χ4v) is 2.42. The predicted octanol–water partition coefficient (Wildman–Crippen LogP) is 1.74. The highest BCUT2D eigenvalue weighted by molar-refractivity contribution is 5.96. The lowest BCUT2D eigenvalue weighted by molar-refractivity contribution is -0.114. The lowest BCUT2D eigenvalue weighted by Crippen LogP contribution is -2.23. The first-order chi connectivity index (χ1) is 11.5. The normalized spacial score (nSPS) is 10.5. The summed E-state index contributed by atoms with van der Waals surface area (Å²) in [6.07, 6.45) is 0. The second kappa shape index (κ2) is 6.41. The SMILES string of the molecule is CC(=O)Nc1cccc(C(=O)NCc2ccc3[nH]c(=O)[nH]c3c2)c1. The Balaban J connectivity index is 1.69. The van der Waals surface area contributed by atoms with Gasteiger partial charge in [-0.25, -0.2) is 4.79 Å². The monoisotopic (exact) mass is 324 g/mol. The lowest BCUT2D eigenvalue weighted by atomic mass is 10.1. The standard InChI is InChI=1S/C17H16N4O3/c1-10(22)19-13-4-2-3-12(8-13)16(23)18-9-11-5-6-14-15(7-11)21-17(24)20-14/h2-8H,9H2,1H3,(H,18,23)(H,19,22)(H2,20,21,24). The minimum absolute atomic E-state index is 0.193. The molecule has 122 valence electrons. The van der Waals surface area contributed by atoms with Crippen LogP contribution in [0, 0.1) is 0 Å². The van der Waals surface area contributed by atoms with E-state index < -0.39 is 0 Å². The maximum atomic E-state index is 12.2. The third kappa shape index (κ3) is 3.52. The van der Waals surface area contributed by atoms with Crippen LogP contribution in [0.4, 0.5) is 5.69 Å². The van der Waals surface area contributed by atoms with Gasteiger partial charge in [0.25, 0.3) is 5.91 Å². The number of carbonyl (C=O) groups excluding carboxylic acids is 2. The maximum Gasteiger partial charge on any atom is 0.323 e. The van der Waals surface area contributed by atoms with Gasteiger partial charge in [0.2, 0.25) is 5.91 Å². The van der Waals surface area contributed by atoms with Crippen molar-refractivity contribution in [2.75, 3.05) is 5.32 Å². The third-order valence-corrected chi connectivity index (χ3v) is 3.48. The number of benzene rings is 2. The minimum Gasteiger partial charge on any atom is -0.348 e. The van der Waals surface area contributed by atoms with Gasteiger partial charge in [-0.1, -0.05) is 12.1 Å². The molecule has 7 nitrogen and oxygen atoms in total. The maximum absolute atomic E-state index is 12.2. The van der Waals surface area contributed by atoms with Crippen molar-refractivity contribution >= 4 is 28.5 Å². The number of anilines is 1. The molecule has 3 rings (SSSR count). The summed E-state index contributed by atoms with van der Waals surface area (Å²) in [5, 5.41) is 5.45. The largest absolute Gasteiger partial charge is 0.348 e. The lowest BCUT2D eigenvalue weighted by Gasteiger charge is -2.07. The van der Waals surface area contributed by atoms with Crippen molar-refractivity contribution in [1.29, 1.82) is 0 Å². The van der Waals surface area contributed by atoms with Crippen molar-refractivity contribution in [3.63, 3.8) is 0 Å². The molecule has 0 radical (unpaired) electrons. The van der Waals surface area contributed by atoms with Crippen LogP contribution in [0.1, 0.15) is 22.8 Å². The van der Waals surface area contributed by atoms with E-state index in [0.717, 1.165) is 11.1 Å². The van der Waals surface area contributed by atoms with Crippen molar-refractivity contribution in [3.8, 4) is 0 Å². The second-order valence-electron chi connectivity index (χ2n) is 5.40. The Morgan fingerprint density at radius 1 is 1.04 bits per heavy atom. The highest BCUT2D eigenvalue weighted by Crippen LogP contribution is 2.12. The predicted molar refractivity (Wildman–Crippen MR) is 90.8 cm³/mol. The number of imidazole rings is 1. The second-order valence-corrected chi connectivity index (χ2v) is 5.40. The average molecular weight is 324 g/mol. The van der Waals surface area contributed by atoms with E-state index in [0.29, 0.717) is 23.3 Å². The van der Waals surface area contributed by atoms with Crippen molar-refractivity contribution in [2.45, 2.75) is 13.5 Å². The Bertz CT molecular complexity index is 971. The van der Waals surface area contributed by atoms with Crippen molar-refractivity contribution < 1.29 is 9.59 Å². The molecule has 2 amide bonds. The number of hydrogen-bond donors (Lipinski definition) is 4. The first kappa shape index (κ1) is 15.5. The minimum atomic E-state index is -0.263. The number of carbonyl (C=O) groups is 2. The molecule has 2 aromatic carbocycles. The number of aromatic amines is 2. The van der Waals surface area contributed by atoms with Crippen LogP contribution in [0.25, 0.3) is 11.0 Å². The molecule has 1 heterocycles. The number of H-pyrrole nitrogens is 2. The number of nitrogens with one attached hydrogen (secondary N) is 4. The van der Waals surface area contributed by atoms with Crippen molar-refractivity contribution in [2.24, 2.45) is 0 Å². The molecule has 0 fully saturated rings. The van der Waals surface area contributed by atoms with Crippen LogP contribution in [0.15, 0.2) is 47.3 Å². The molecule has 7 heteroatoms. The van der Waals surface area contributed by atoms with Gasteiger partial charge in [0.05, 0.1) is 11.0 Å². The molecule has 3 aromatic rings. The molecule has 4 N–H and O–H groups in total. The van der Waals surface area contributed by atoms with Gasteiger partial charge in [0, 0.05) is 24.7 Å². The molecule has 0 saturated heterocycles. The summed E-state index contributed by atoms with van der Waals surface area (Å²) in [5.41, 5.74) is 3.04. The molecule has 24 heavy (non-hydrogen) atoms. The summed E-state index contributed by atoms with van der Waals surface area (Å²) < 4.78 is 0. The first-order valence-electron chi connectivity index (χ1n) is 7.38. The molecule has 1 aromatic heterocycles. The van der Waals surface area contributed by atoms with Gasteiger partial charge in [-0.15, -0.1) is 0 Å². The van der Waals surface area contributed by atoms with Crippen LogP contribution >= 0.6 is 0 Å². The number of aromatic nitrogens is 2. The summed E-state index contributed by atoms with van der Waals surface area (Å²) in [5.74, 6) is -0.439. The fourth-order valence-electron chi connectivity index (χ4n) is 2.42. The van der Waals surface area contributed by atoms with Crippen LogP contribution in [-0.4, -0.2) is 21.8 Å². The van der Waals surface area contributed by atoms with Crippen LogP contribution < -0.4 is 16.3 Å². The summed E-state index contributed by atoms with van der Waals surface area (Å²) >= 11 is 0. The molecular formula is C17H16N4O3. The van der Waals surface area contributed by atoms with Gasteiger partial charge in [0.1, 0.15) is 0 Å². The van der Waals surface area contributed by atoms with E-state index >= 15 is 0 Å². The quantitative estimate of drug-likeness (QED) is 0.587. The van der Waals surface area contributed by atoms with Gasteiger partial charge in [-0.05, 0) is 35.9 Å². The van der Waals surface area contributed by atoms with E-state index in [1.807, 2.05) is 6.07 Å². The van der Waals surface area contributed by atoms with Gasteiger partial charge in [0.15, 0.2) is 0 Å². The number of rotatable bonds is 4. The van der Waals surface area contributed by atoms with E-state index in [1.165, 1.54) is 6.92 Å². The summed E-state index contributed by atoms with van der Waals surface area (Å²) in [4.78, 5) is 39.9. The molecule has 0 bridgehead atoms. The van der Waals surface area contributed by atoms with Gasteiger partial charge in [-0.2, -0.15) is 0 Å². The zero-order chi connectivity index (χ0) is 17.1. The Morgan fingerprint density at radius 3 is 2.62 bits per heavy atom. The smallest absolute Gasteiger partial charge is 0.323 e. The molecule has 0 aliphatic carbocycles. The van der Waals surface area contributed by atoms with Gasteiger partial charge >= 0.3 is 5.69 Å². The van der Waals surface area contributed by atoms with E-state index in [9.17, 15) is 14.4 Å². The summed E-state index contributed by atoms with van der Waals surface area (Å²) in [6, 6.07) is 12.1. The highest BCUT2D eigenvalue weighted by atomic mass is 16.2. The zero-order valence-electron chi connectivity index (χ0n) is 13.0. The third-order valence-electron chi connectivity index (χ3n) is 3.48. The van der Waals surface area contributed by atoms with Gasteiger partial charge < -0.3 is 20.6 Å². The van der Waals surface area contributed by atoms with E-state index in [1.54, 1.807) is 36.4 Å². The average Bonchev–Trinajstić information content (AvgIpc) is 2.91. The molecule has 0 unspecified atom stereocenters. The Morgan fingerprint density at radius 2 is 1.83 bits per heavy atom. The number of fused-ring (bicyclic) bond motifs is 1. The van der Waals surface area contributed by atoms with Crippen molar-refractivity contribution in [1.82, 2.24) is 15.3 Å². The molecular weight excluding hydrogens is 308 g/mol. The Kier molecular flexibility index (Phi) is 4.15. The summed E-state index contributed by atoms with van der Waals surface area (Å²) in [7, 11) is 0. The van der Waals surface area contributed by atoms with Crippen LogP contribution in [-0.2, 0) is 11.3 Å². The highest BCUT2D eigenvalue weighted by Gasteiger charge is 2.07. The van der Waals surface area contributed by atoms with Crippen molar-refractivity contribution in [3.05, 3.63) is 64.1 Å². The Hall–Kier alpha value is -3.35. The Labute approximate surface area is 137 Å². The zero-order valence-corrected chi connectivity index (χ0v) is 13.0. The first-order valence-corrected chi connectivity index (χ1v) is 7.38.